The first kappa shape index (κ1) is 33.5. The van der Waals surface area contributed by atoms with E-state index in [0.29, 0.717) is 60.4 Å². The average molecular weight is 683 g/mol. The molecule has 47 heavy (non-hydrogen) atoms. The van der Waals surface area contributed by atoms with Crippen molar-refractivity contribution in [2.75, 3.05) is 26.3 Å². The number of rotatable bonds is 11. The van der Waals surface area contributed by atoms with E-state index in [1.54, 1.807) is 34.9 Å². The molecule has 1 aromatic carbocycles. The van der Waals surface area contributed by atoms with Crippen LogP contribution in [0.4, 0.5) is 0 Å². The number of likely N-dealkylation sites (tertiary alicyclic amines) is 1. The Bertz CT molecular complexity index is 1810. The van der Waals surface area contributed by atoms with Crippen molar-refractivity contribution < 1.29 is 23.8 Å². The van der Waals surface area contributed by atoms with Gasteiger partial charge in [-0.15, -0.1) is 0 Å². The summed E-state index contributed by atoms with van der Waals surface area (Å²) in [6.07, 6.45) is 3.14. The maximum Gasteiger partial charge on any atom is 0.255 e. The van der Waals surface area contributed by atoms with Gasteiger partial charge >= 0.3 is 0 Å². The number of carbonyl (C=O) groups is 2. The number of halogens is 1. The zero-order valence-corrected chi connectivity index (χ0v) is 29.5. The van der Waals surface area contributed by atoms with Crippen molar-refractivity contribution in [3.05, 3.63) is 41.2 Å². The maximum absolute atomic E-state index is 13.7. The van der Waals surface area contributed by atoms with E-state index < -0.39 is 25.8 Å². The van der Waals surface area contributed by atoms with Crippen LogP contribution >= 0.6 is 11.6 Å². The molecule has 2 amide bonds. The van der Waals surface area contributed by atoms with Crippen molar-refractivity contribution in [3.63, 3.8) is 0 Å². The fraction of sp³-hybridized carbons (Fsp3) is 0.531. The fourth-order valence-corrected chi connectivity index (χ4v) is 6.72. The van der Waals surface area contributed by atoms with Crippen molar-refractivity contribution in [2.24, 2.45) is 5.73 Å². The monoisotopic (exact) mass is 682 g/mol. The first-order chi connectivity index (χ1) is 22.2. The number of benzene rings is 1. The van der Waals surface area contributed by atoms with Crippen LogP contribution in [0.1, 0.15) is 31.1 Å². The lowest BCUT2D eigenvalue weighted by Gasteiger charge is -2.38. The van der Waals surface area contributed by atoms with Gasteiger partial charge in [-0.3, -0.25) is 14.3 Å². The van der Waals surface area contributed by atoms with Crippen LogP contribution in [0.2, 0.25) is 30.7 Å². The van der Waals surface area contributed by atoms with Crippen molar-refractivity contribution in [1.29, 1.82) is 0 Å². The summed E-state index contributed by atoms with van der Waals surface area (Å²) in [6.45, 7) is 15.0. The Hall–Kier alpha value is -3.40. The van der Waals surface area contributed by atoms with Gasteiger partial charge in [0.25, 0.3) is 5.91 Å². The number of fused-ring (bicyclic) bond motifs is 2. The highest BCUT2D eigenvalue weighted by Gasteiger charge is 2.34. The van der Waals surface area contributed by atoms with E-state index in [4.69, 9.17) is 46.6 Å². The Morgan fingerprint density at radius 1 is 1.26 bits per heavy atom. The molecule has 6 rings (SSSR count). The Labute approximate surface area is 279 Å². The molecule has 0 aliphatic carbocycles. The lowest BCUT2D eigenvalue weighted by Crippen LogP contribution is -2.61. The first-order valence-corrected chi connectivity index (χ1v) is 20.0. The van der Waals surface area contributed by atoms with Crippen molar-refractivity contribution in [2.45, 2.75) is 83.7 Å². The van der Waals surface area contributed by atoms with Gasteiger partial charge in [0.1, 0.15) is 35.8 Å². The SMILES string of the molecule is C[C@@H](NC(=O)c1cn(COCC[Si](C)(C)C)c2ncc(-c3nn(CC4COC(C)(C)O4)c4cc(Cl)ccc34)nc12)C(=O)N1CC(N)C1. The zero-order valence-electron chi connectivity index (χ0n) is 27.7. The largest absolute Gasteiger partial charge is 0.361 e. The van der Waals surface area contributed by atoms with Gasteiger partial charge in [-0.2, -0.15) is 5.10 Å². The van der Waals surface area contributed by atoms with Crippen molar-refractivity contribution in [3.8, 4) is 11.4 Å². The summed E-state index contributed by atoms with van der Waals surface area (Å²) in [7, 11) is -1.29. The van der Waals surface area contributed by atoms with Gasteiger partial charge in [0.15, 0.2) is 11.4 Å². The van der Waals surface area contributed by atoms with E-state index in [1.807, 2.05) is 30.7 Å². The van der Waals surface area contributed by atoms with E-state index in [9.17, 15) is 9.59 Å². The molecule has 13 nitrogen and oxygen atoms in total. The molecule has 0 saturated carbocycles. The predicted octanol–water partition coefficient (Wildman–Crippen LogP) is 3.85. The molecule has 3 N–H and O–H groups in total. The molecule has 1 unspecified atom stereocenters. The summed E-state index contributed by atoms with van der Waals surface area (Å²) in [5.74, 6) is -1.28. The highest BCUT2D eigenvalue weighted by Crippen LogP contribution is 2.32. The molecule has 0 radical (unpaired) electrons. The molecule has 0 bridgehead atoms. The third-order valence-corrected chi connectivity index (χ3v) is 10.3. The van der Waals surface area contributed by atoms with Gasteiger partial charge in [-0.1, -0.05) is 31.2 Å². The zero-order chi connectivity index (χ0) is 33.7. The lowest BCUT2D eigenvalue weighted by molar-refractivity contribution is -0.139. The number of carbonyl (C=O) groups excluding carboxylic acids is 2. The normalized spacial score (nSPS) is 19.0. The third kappa shape index (κ3) is 7.37. The average Bonchev–Trinajstić information content (AvgIpc) is 3.64. The number of hydrogen-bond acceptors (Lipinski definition) is 9. The van der Waals surface area contributed by atoms with Gasteiger partial charge in [0.2, 0.25) is 5.91 Å². The third-order valence-electron chi connectivity index (χ3n) is 8.38. The number of ether oxygens (including phenoxy) is 3. The number of amides is 2. The molecule has 15 heteroatoms. The number of nitrogens with two attached hydrogens (primary N) is 1. The smallest absolute Gasteiger partial charge is 0.255 e. The highest BCUT2D eigenvalue weighted by molar-refractivity contribution is 6.76. The van der Waals surface area contributed by atoms with Crippen LogP contribution in [-0.2, 0) is 32.3 Å². The molecule has 252 valence electrons. The summed E-state index contributed by atoms with van der Waals surface area (Å²) in [4.78, 5) is 37.9. The van der Waals surface area contributed by atoms with Gasteiger partial charge in [0.05, 0.1) is 30.4 Å². The second-order valence-corrected chi connectivity index (χ2v) is 20.2. The van der Waals surface area contributed by atoms with Gasteiger partial charge in [-0.25, -0.2) is 9.97 Å². The molecule has 2 saturated heterocycles. The number of aromatic nitrogens is 5. The second-order valence-electron chi connectivity index (χ2n) is 14.1. The van der Waals surface area contributed by atoms with E-state index in [-0.39, 0.29) is 30.3 Å². The van der Waals surface area contributed by atoms with Gasteiger partial charge < -0.3 is 34.7 Å². The van der Waals surface area contributed by atoms with E-state index in [0.717, 1.165) is 16.9 Å². The number of nitrogens with zero attached hydrogens (tertiary/aromatic N) is 6. The van der Waals surface area contributed by atoms with E-state index >= 15 is 0 Å². The molecule has 5 heterocycles. The molecular formula is C32H43ClN8O5Si. The molecule has 2 aliphatic heterocycles. The Balaban J connectivity index is 1.34. The second kappa shape index (κ2) is 12.9. The number of hydrogen-bond donors (Lipinski definition) is 2. The van der Waals surface area contributed by atoms with Crippen LogP contribution in [-0.4, -0.2) is 99.4 Å². The van der Waals surface area contributed by atoms with Crippen LogP contribution in [0.5, 0.6) is 0 Å². The summed E-state index contributed by atoms with van der Waals surface area (Å²) < 4.78 is 21.5. The lowest BCUT2D eigenvalue weighted by atomic mass is 10.1. The molecule has 2 aliphatic rings. The topological polar surface area (TPSA) is 152 Å². The molecular weight excluding hydrogens is 640 g/mol. The van der Waals surface area contributed by atoms with Crippen LogP contribution in [0.25, 0.3) is 33.5 Å². The van der Waals surface area contributed by atoms with Crippen molar-refractivity contribution in [1.82, 2.24) is 34.5 Å². The van der Waals surface area contributed by atoms with Crippen LogP contribution in [0.15, 0.2) is 30.6 Å². The minimum Gasteiger partial charge on any atom is -0.361 e. The van der Waals surface area contributed by atoms with E-state index in [2.05, 4.69) is 25.0 Å². The quantitative estimate of drug-likeness (QED) is 0.178. The summed E-state index contributed by atoms with van der Waals surface area (Å²) in [5, 5.41) is 9.18. The minimum atomic E-state index is -1.29. The molecule has 2 atom stereocenters. The number of nitrogens with one attached hydrogen (secondary N) is 1. The van der Waals surface area contributed by atoms with Gasteiger partial charge in [0, 0.05) is 50.4 Å². The minimum absolute atomic E-state index is 0.0316. The standard InChI is InChI=1S/C32H43ClN8O5Si/c1-19(31(43)39-13-21(34)14-39)36-30(42)24-16-40(18-44-9-10-47(4,5)6)29-28(24)37-25(12-35-29)27-23-8-7-20(33)11-26(23)41(38-27)15-22-17-45-32(2,3)46-22/h7-8,11-12,16,19,21-22H,9-10,13-15,17-18,34H2,1-6H3,(H,36,42)/t19-,22?/m1/s1. The maximum atomic E-state index is 13.7. The summed E-state index contributed by atoms with van der Waals surface area (Å²) in [6, 6.07) is 5.80. The van der Waals surface area contributed by atoms with Crippen LogP contribution in [0, 0.1) is 0 Å². The van der Waals surface area contributed by atoms with Gasteiger partial charge in [-0.05, 0) is 45.0 Å². The van der Waals surface area contributed by atoms with Crippen LogP contribution in [0.3, 0.4) is 0 Å². The predicted molar refractivity (Wildman–Crippen MR) is 182 cm³/mol. The molecule has 4 aromatic rings. The summed E-state index contributed by atoms with van der Waals surface area (Å²) >= 11 is 6.41. The molecule has 2 fully saturated rings. The van der Waals surface area contributed by atoms with E-state index in [1.165, 1.54) is 0 Å². The first-order valence-electron chi connectivity index (χ1n) is 15.9. The molecule has 3 aromatic heterocycles. The highest BCUT2D eigenvalue weighted by atomic mass is 35.5. The molecule has 0 spiro atoms. The Morgan fingerprint density at radius 2 is 2.02 bits per heavy atom. The van der Waals surface area contributed by atoms with Crippen molar-refractivity contribution >= 4 is 53.6 Å². The van der Waals surface area contributed by atoms with Crippen LogP contribution < -0.4 is 11.1 Å². The Morgan fingerprint density at radius 3 is 2.70 bits per heavy atom. The Kier molecular flexibility index (Phi) is 9.19. The summed E-state index contributed by atoms with van der Waals surface area (Å²) in [5.41, 5.74) is 8.90. The fourth-order valence-electron chi connectivity index (χ4n) is 5.80.